The van der Waals surface area contributed by atoms with Gasteiger partial charge >= 0.3 is 0 Å². The number of aryl methyl sites for hydroxylation is 2. The number of para-hydroxylation sites is 1. The van der Waals surface area contributed by atoms with Crippen molar-refractivity contribution in [3.63, 3.8) is 0 Å². The molecule has 162 valence electrons. The quantitative estimate of drug-likeness (QED) is 0.408. The van der Waals surface area contributed by atoms with Gasteiger partial charge in [-0.3, -0.25) is 4.79 Å². The second-order valence-electron chi connectivity index (χ2n) is 8.15. The summed E-state index contributed by atoms with van der Waals surface area (Å²) in [6.45, 7) is 7.15. The first-order valence-corrected chi connectivity index (χ1v) is 11.6. The summed E-state index contributed by atoms with van der Waals surface area (Å²) < 4.78 is 7.12. The van der Waals surface area contributed by atoms with Gasteiger partial charge in [-0.25, -0.2) is 4.98 Å². The van der Waals surface area contributed by atoms with E-state index in [2.05, 4.69) is 30.9 Å². The van der Waals surface area contributed by atoms with Crippen LogP contribution in [-0.2, 0) is 0 Å². The summed E-state index contributed by atoms with van der Waals surface area (Å²) in [5.74, 6) is 1.46. The molecule has 0 bridgehead atoms. The molecule has 4 aromatic rings. The van der Waals surface area contributed by atoms with Crippen molar-refractivity contribution in [3.8, 4) is 11.5 Å². The van der Waals surface area contributed by atoms with Crippen LogP contribution < -0.4 is 9.64 Å². The van der Waals surface area contributed by atoms with Crippen LogP contribution >= 0.6 is 11.3 Å². The molecule has 0 radical (unpaired) electrons. The minimum absolute atomic E-state index is 0.0407. The van der Waals surface area contributed by atoms with Gasteiger partial charge in [0.1, 0.15) is 11.5 Å². The van der Waals surface area contributed by atoms with Crippen molar-refractivity contribution in [3.05, 3.63) is 83.4 Å². The van der Waals surface area contributed by atoms with Crippen LogP contribution in [0, 0.1) is 13.8 Å². The molecule has 5 rings (SSSR count). The van der Waals surface area contributed by atoms with Crippen molar-refractivity contribution in [2.75, 3.05) is 31.1 Å². The van der Waals surface area contributed by atoms with Crippen LogP contribution in [0.5, 0.6) is 11.5 Å². The maximum atomic E-state index is 13.1. The predicted molar refractivity (Wildman–Crippen MR) is 130 cm³/mol. The van der Waals surface area contributed by atoms with E-state index in [1.807, 2.05) is 59.5 Å². The van der Waals surface area contributed by atoms with Crippen LogP contribution in [0.15, 0.2) is 66.7 Å². The zero-order valence-corrected chi connectivity index (χ0v) is 19.1. The molecule has 2 heterocycles. The number of hydrogen-bond acceptors (Lipinski definition) is 5. The normalized spacial score (nSPS) is 14.1. The number of nitrogens with zero attached hydrogens (tertiary/aromatic N) is 3. The fraction of sp³-hybridized carbons (Fsp3) is 0.231. The van der Waals surface area contributed by atoms with Gasteiger partial charge in [0.05, 0.1) is 10.2 Å². The van der Waals surface area contributed by atoms with E-state index < -0.39 is 0 Å². The van der Waals surface area contributed by atoms with E-state index in [-0.39, 0.29) is 5.91 Å². The molecule has 1 amide bonds. The van der Waals surface area contributed by atoms with Gasteiger partial charge in [-0.2, -0.15) is 0 Å². The van der Waals surface area contributed by atoms with Crippen molar-refractivity contribution in [2.24, 2.45) is 0 Å². The number of anilines is 1. The first-order valence-electron chi connectivity index (χ1n) is 10.8. The Balaban J connectivity index is 1.26. The van der Waals surface area contributed by atoms with E-state index in [1.54, 1.807) is 11.3 Å². The van der Waals surface area contributed by atoms with Gasteiger partial charge in [0.2, 0.25) is 0 Å². The molecule has 0 N–H and O–H groups in total. The van der Waals surface area contributed by atoms with Crippen LogP contribution in [0.1, 0.15) is 21.5 Å². The third-order valence-electron chi connectivity index (χ3n) is 5.72. The molecule has 1 aromatic heterocycles. The maximum absolute atomic E-state index is 13.1. The number of benzene rings is 3. The van der Waals surface area contributed by atoms with Crippen molar-refractivity contribution in [2.45, 2.75) is 13.8 Å². The number of aromatic nitrogens is 1. The third-order valence-corrected chi connectivity index (χ3v) is 6.78. The molecule has 0 unspecified atom stereocenters. The summed E-state index contributed by atoms with van der Waals surface area (Å²) in [5, 5.41) is 1.04. The molecular formula is C26H25N3O2S. The minimum Gasteiger partial charge on any atom is -0.457 e. The highest BCUT2D eigenvalue weighted by Crippen LogP contribution is 2.32. The number of piperazine rings is 1. The zero-order chi connectivity index (χ0) is 22.1. The average Bonchev–Trinajstić information content (AvgIpc) is 3.24. The third kappa shape index (κ3) is 4.18. The van der Waals surface area contributed by atoms with Gasteiger partial charge in [0.25, 0.3) is 5.91 Å². The molecular weight excluding hydrogens is 418 g/mol. The summed E-state index contributed by atoms with van der Waals surface area (Å²) >= 11 is 1.74. The van der Waals surface area contributed by atoms with E-state index >= 15 is 0 Å². The van der Waals surface area contributed by atoms with Crippen LogP contribution in [0.3, 0.4) is 0 Å². The van der Waals surface area contributed by atoms with Gasteiger partial charge in [0, 0.05) is 31.7 Å². The van der Waals surface area contributed by atoms with E-state index in [0.29, 0.717) is 24.4 Å². The average molecular weight is 444 g/mol. The van der Waals surface area contributed by atoms with Gasteiger partial charge < -0.3 is 14.5 Å². The van der Waals surface area contributed by atoms with Crippen LogP contribution in [-0.4, -0.2) is 42.0 Å². The highest BCUT2D eigenvalue weighted by Gasteiger charge is 2.24. The molecule has 0 saturated carbocycles. The summed E-state index contributed by atoms with van der Waals surface area (Å²) in [5.41, 5.74) is 4.22. The minimum atomic E-state index is 0.0407. The van der Waals surface area contributed by atoms with Crippen molar-refractivity contribution in [1.29, 1.82) is 0 Å². The fourth-order valence-electron chi connectivity index (χ4n) is 4.09. The number of amides is 1. The molecule has 6 heteroatoms. The summed E-state index contributed by atoms with van der Waals surface area (Å²) in [7, 11) is 0. The molecule has 0 aliphatic carbocycles. The molecule has 1 aliphatic rings. The van der Waals surface area contributed by atoms with E-state index in [1.165, 1.54) is 15.8 Å². The fourth-order valence-corrected chi connectivity index (χ4v) is 5.29. The SMILES string of the molecule is Cc1cc(C)c2nc(N3CCN(C(=O)c4cccc(Oc5ccccc5)c4)CC3)sc2c1. The molecule has 1 aliphatic heterocycles. The highest BCUT2D eigenvalue weighted by atomic mass is 32.1. The monoisotopic (exact) mass is 443 g/mol. The zero-order valence-electron chi connectivity index (χ0n) is 18.2. The Labute approximate surface area is 191 Å². The summed E-state index contributed by atoms with van der Waals surface area (Å²) in [4.78, 5) is 22.2. The first-order chi connectivity index (χ1) is 15.6. The number of carbonyl (C=O) groups excluding carboxylic acids is 1. The van der Waals surface area contributed by atoms with Crippen LogP contribution in [0.2, 0.25) is 0 Å². The number of rotatable bonds is 4. The van der Waals surface area contributed by atoms with Crippen LogP contribution in [0.25, 0.3) is 10.2 Å². The molecule has 0 atom stereocenters. The van der Waals surface area contributed by atoms with Gasteiger partial charge in [-0.1, -0.05) is 41.7 Å². The molecule has 32 heavy (non-hydrogen) atoms. The molecule has 1 saturated heterocycles. The number of carbonyl (C=O) groups is 1. The molecule has 5 nitrogen and oxygen atoms in total. The standard InChI is InChI=1S/C26H25N3O2S/c1-18-15-19(2)24-23(16-18)32-26(27-24)29-13-11-28(12-14-29)25(30)20-7-6-10-22(17-20)31-21-8-4-3-5-9-21/h3-10,15-17H,11-14H2,1-2H3. The highest BCUT2D eigenvalue weighted by molar-refractivity contribution is 7.22. The van der Waals surface area contributed by atoms with Crippen molar-refractivity contribution in [1.82, 2.24) is 9.88 Å². The Morgan fingerprint density at radius 2 is 1.66 bits per heavy atom. The smallest absolute Gasteiger partial charge is 0.254 e. The second kappa shape index (κ2) is 8.63. The number of thiazole rings is 1. The van der Waals surface area contributed by atoms with Gasteiger partial charge in [-0.05, 0) is 61.4 Å². The van der Waals surface area contributed by atoms with Gasteiger partial charge in [-0.15, -0.1) is 0 Å². The Morgan fingerprint density at radius 1 is 0.906 bits per heavy atom. The number of hydrogen-bond donors (Lipinski definition) is 0. The van der Waals surface area contributed by atoms with E-state index in [4.69, 9.17) is 9.72 Å². The number of fused-ring (bicyclic) bond motifs is 1. The lowest BCUT2D eigenvalue weighted by Gasteiger charge is -2.34. The second-order valence-corrected chi connectivity index (χ2v) is 9.16. The van der Waals surface area contributed by atoms with Crippen molar-refractivity contribution < 1.29 is 9.53 Å². The van der Waals surface area contributed by atoms with Crippen molar-refractivity contribution >= 4 is 32.6 Å². The van der Waals surface area contributed by atoms with Gasteiger partial charge in [0.15, 0.2) is 5.13 Å². The summed E-state index contributed by atoms with van der Waals surface area (Å²) in [6, 6.07) is 21.4. The van der Waals surface area contributed by atoms with E-state index in [0.717, 1.165) is 29.5 Å². The summed E-state index contributed by atoms with van der Waals surface area (Å²) in [6.07, 6.45) is 0. The Morgan fingerprint density at radius 3 is 2.44 bits per heavy atom. The van der Waals surface area contributed by atoms with Crippen LogP contribution in [0.4, 0.5) is 5.13 Å². The van der Waals surface area contributed by atoms with E-state index in [9.17, 15) is 4.79 Å². The Kier molecular flexibility index (Phi) is 5.53. The lowest BCUT2D eigenvalue weighted by Crippen LogP contribution is -2.48. The largest absolute Gasteiger partial charge is 0.457 e. The molecule has 3 aromatic carbocycles. The predicted octanol–water partition coefficient (Wildman–Crippen LogP) is 5.67. The lowest BCUT2D eigenvalue weighted by atomic mass is 10.1. The topological polar surface area (TPSA) is 45.7 Å². The first kappa shape index (κ1) is 20.5. The Hall–Kier alpha value is -3.38. The maximum Gasteiger partial charge on any atom is 0.254 e. The molecule has 1 fully saturated rings. The lowest BCUT2D eigenvalue weighted by molar-refractivity contribution is 0.0746. The Bertz CT molecular complexity index is 1260. The molecule has 0 spiro atoms. The number of ether oxygens (including phenoxy) is 1.